The van der Waals surface area contributed by atoms with Crippen molar-refractivity contribution < 1.29 is 4.74 Å². The van der Waals surface area contributed by atoms with E-state index in [4.69, 9.17) is 16.3 Å². The van der Waals surface area contributed by atoms with Crippen molar-refractivity contribution in [3.05, 3.63) is 28.9 Å². The van der Waals surface area contributed by atoms with Crippen LogP contribution in [0.5, 0.6) is 5.75 Å². The molecular formula is C15H18ClN5O. The SMILES string of the molecule is COc1cc(Cl)c(C)cc1Nc1cnnc(N2CCCC2)n1. The van der Waals surface area contributed by atoms with Crippen LogP contribution in [-0.2, 0) is 0 Å². The highest BCUT2D eigenvalue weighted by Gasteiger charge is 2.16. The number of anilines is 3. The van der Waals surface area contributed by atoms with Gasteiger partial charge in [-0.05, 0) is 31.4 Å². The second-order valence-corrected chi connectivity index (χ2v) is 5.67. The number of methoxy groups -OCH3 is 1. The first kappa shape index (κ1) is 14.8. The van der Waals surface area contributed by atoms with Gasteiger partial charge in [0, 0.05) is 24.2 Å². The summed E-state index contributed by atoms with van der Waals surface area (Å²) in [4.78, 5) is 6.67. The van der Waals surface area contributed by atoms with Gasteiger partial charge in [0.2, 0.25) is 5.95 Å². The molecule has 1 N–H and O–H groups in total. The van der Waals surface area contributed by atoms with Crippen molar-refractivity contribution in [3.63, 3.8) is 0 Å². The minimum absolute atomic E-state index is 0.636. The molecule has 116 valence electrons. The van der Waals surface area contributed by atoms with Crippen LogP contribution in [-0.4, -0.2) is 35.4 Å². The highest BCUT2D eigenvalue weighted by molar-refractivity contribution is 6.31. The zero-order valence-electron chi connectivity index (χ0n) is 12.6. The quantitative estimate of drug-likeness (QED) is 0.933. The van der Waals surface area contributed by atoms with Crippen molar-refractivity contribution in [1.82, 2.24) is 15.2 Å². The Bertz CT molecular complexity index is 673. The van der Waals surface area contributed by atoms with Crippen LogP contribution in [0.25, 0.3) is 0 Å². The minimum atomic E-state index is 0.636. The number of rotatable bonds is 4. The monoisotopic (exact) mass is 319 g/mol. The number of benzene rings is 1. The zero-order chi connectivity index (χ0) is 15.5. The molecule has 1 aromatic heterocycles. The summed E-state index contributed by atoms with van der Waals surface area (Å²) in [6.07, 6.45) is 3.94. The van der Waals surface area contributed by atoms with E-state index in [1.807, 2.05) is 13.0 Å². The van der Waals surface area contributed by atoms with E-state index in [1.165, 1.54) is 12.8 Å². The highest BCUT2D eigenvalue weighted by Crippen LogP contribution is 2.32. The van der Waals surface area contributed by atoms with Crippen LogP contribution in [0.2, 0.25) is 5.02 Å². The fourth-order valence-electron chi connectivity index (χ4n) is 2.47. The summed E-state index contributed by atoms with van der Waals surface area (Å²) in [6.45, 7) is 3.91. The third-order valence-corrected chi connectivity index (χ3v) is 4.09. The number of hydrogen-bond donors (Lipinski definition) is 1. The second kappa shape index (κ2) is 6.36. The molecule has 1 fully saturated rings. The van der Waals surface area contributed by atoms with Crippen molar-refractivity contribution in [3.8, 4) is 5.75 Å². The average Bonchev–Trinajstić information content (AvgIpc) is 3.05. The normalized spacial score (nSPS) is 14.2. The number of aromatic nitrogens is 3. The Morgan fingerprint density at radius 2 is 2.05 bits per heavy atom. The molecule has 1 saturated heterocycles. The number of hydrogen-bond acceptors (Lipinski definition) is 6. The number of ether oxygens (including phenoxy) is 1. The van der Waals surface area contributed by atoms with E-state index in [9.17, 15) is 0 Å². The predicted molar refractivity (Wildman–Crippen MR) is 87.3 cm³/mol. The summed E-state index contributed by atoms with van der Waals surface area (Å²) in [5, 5.41) is 12.0. The summed E-state index contributed by atoms with van der Waals surface area (Å²) < 4.78 is 5.36. The number of halogens is 1. The fourth-order valence-corrected chi connectivity index (χ4v) is 2.63. The highest BCUT2D eigenvalue weighted by atomic mass is 35.5. The summed E-state index contributed by atoms with van der Waals surface area (Å²) in [6, 6.07) is 3.72. The Labute approximate surface area is 134 Å². The van der Waals surface area contributed by atoms with Crippen LogP contribution in [0, 0.1) is 6.92 Å². The molecule has 0 atom stereocenters. The molecule has 0 bridgehead atoms. The first-order chi connectivity index (χ1) is 10.7. The molecule has 22 heavy (non-hydrogen) atoms. The Morgan fingerprint density at radius 1 is 1.27 bits per heavy atom. The van der Waals surface area contributed by atoms with E-state index < -0.39 is 0 Å². The van der Waals surface area contributed by atoms with Gasteiger partial charge in [-0.2, -0.15) is 10.1 Å². The van der Waals surface area contributed by atoms with E-state index in [0.29, 0.717) is 22.5 Å². The first-order valence-corrected chi connectivity index (χ1v) is 7.61. The van der Waals surface area contributed by atoms with Crippen molar-refractivity contribution in [1.29, 1.82) is 0 Å². The zero-order valence-corrected chi connectivity index (χ0v) is 13.4. The van der Waals surface area contributed by atoms with Gasteiger partial charge < -0.3 is 15.0 Å². The third kappa shape index (κ3) is 3.06. The van der Waals surface area contributed by atoms with E-state index >= 15 is 0 Å². The van der Waals surface area contributed by atoms with Gasteiger partial charge in [0.1, 0.15) is 5.75 Å². The predicted octanol–water partition coefficient (Wildman–Crippen LogP) is 3.19. The Kier molecular flexibility index (Phi) is 4.29. The van der Waals surface area contributed by atoms with Crippen molar-refractivity contribution >= 4 is 29.1 Å². The third-order valence-electron chi connectivity index (χ3n) is 3.68. The maximum Gasteiger partial charge on any atom is 0.247 e. The maximum atomic E-state index is 6.13. The van der Waals surface area contributed by atoms with Crippen LogP contribution < -0.4 is 15.0 Å². The molecule has 2 heterocycles. The topological polar surface area (TPSA) is 63.2 Å². The Morgan fingerprint density at radius 3 is 2.77 bits per heavy atom. The lowest BCUT2D eigenvalue weighted by Gasteiger charge is -2.16. The largest absolute Gasteiger partial charge is 0.495 e. The van der Waals surface area contributed by atoms with E-state index in [2.05, 4.69) is 25.4 Å². The van der Waals surface area contributed by atoms with Gasteiger partial charge in [-0.1, -0.05) is 11.6 Å². The van der Waals surface area contributed by atoms with Gasteiger partial charge in [-0.15, -0.1) is 5.10 Å². The van der Waals surface area contributed by atoms with Crippen LogP contribution in [0.15, 0.2) is 18.3 Å². The van der Waals surface area contributed by atoms with Crippen LogP contribution in [0.1, 0.15) is 18.4 Å². The second-order valence-electron chi connectivity index (χ2n) is 5.26. The lowest BCUT2D eigenvalue weighted by Crippen LogP contribution is -2.21. The number of nitrogens with one attached hydrogen (secondary N) is 1. The number of nitrogens with zero attached hydrogens (tertiary/aromatic N) is 4. The van der Waals surface area contributed by atoms with Crippen molar-refractivity contribution in [2.45, 2.75) is 19.8 Å². The molecule has 7 heteroatoms. The maximum absolute atomic E-state index is 6.13. The van der Waals surface area contributed by atoms with Gasteiger partial charge in [0.25, 0.3) is 0 Å². The molecule has 0 spiro atoms. The molecule has 6 nitrogen and oxygen atoms in total. The van der Waals surface area contributed by atoms with Gasteiger partial charge in [0.15, 0.2) is 5.82 Å². The van der Waals surface area contributed by atoms with Crippen LogP contribution >= 0.6 is 11.6 Å². The molecular weight excluding hydrogens is 302 g/mol. The van der Waals surface area contributed by atoms with E-state index in [0.717, 1.165) is 24.3 Å². The molecule has 0 aliphatic carbocycles. The van der Waals surface area contributed by atoms with E-state index in [-0.39, 0.29) is 0 Å². The molecule has 2 aromatic rings. The van der Waals surface area contributed by atoms with Crippen molar-refractivity contribution in [2.24, 2.45) is 0 Å². The molecule has 0 saturated carbocycles. The number of aryl methyl sites for hydroxylation is 1. The minimum Gasteiger partial charge on any atom is -0.495 e. The fraction of sp³-hybridized carbons (Fsp3) is 0.400. The van der Waals surface area contributed by atoms with Gasteiger partial charge in [0.05, 0.1) is 19.0 Å². The molecule has 0 amide bonds. The molecule has 0 unspecified atom stereocenters. The molecule has 1 aliphatic heterocycles. The Hall–Kier alpha value is -2.08. The lowest BCUT2D eigenvalue weighted by atomic mass is 10.2. The summed E-state index contributed by atoms with van der Waals surface area (Å²) in [5.41, 5.74) is 1.77. The summed E-state index contributed by atoms with van der Waals surface area (Å²) >= 11 is 6.13. The van der Waals surface area contributed by atoms with Gasteiger partial charge in [-0.3, -0.25) is 0 Å². The summed E-state index contributed by atoms with van der Waals surface area (Å²) in [5.74, 6) is 1.96. The van der Waals surface area contributed by atoms with E-state index in [1.54, 1.807) is 19.4 Å². The Balaban J connectivity index is 1.86. The molecule has 3 rings (SSSR count). The summed E-state index contributed by atoms with van der Waals surface area (Å²) in [7, 11) is 1.61. The van der Waals surface area contributed by atoms with Gasteiger partial charge in [-0.25, -0.2) is 0 Å². The molecule has 0 radical (unpaired) electrons. The lowest BCUT2D eigenvalue weighted by molar-refractivity contribution is 0.416. The first-order valence-electron chi connectivity index (χ1n) is 7.23. The van der Waals surface area contributed by atoms with Gasteiger partial charge >= 0.3 is 0 Å². The standard InChI is InChI=1S/C15H18ClN5O/c1-10-7-12(13(22-2)8-11(10)16)18-14-9-17-20-15(19-14)21-5-3-4-6-21/h7-9H,3-6H2,1-2H3,(H,18,19,20). The van der Waals surface area contributed by atoms with Crippen LogP contribution in [0.3, 0.4) is 0 Å². The van der Waals surface area contributed by atoms with Crippen LogP contribution in [0.4, 0.5) is 17.5 Å². The molecule has 1 aromatic carbocycles. The van der Waals surface area contributed by atoms with Crippen molar-refractivity contribution in [2.75, 3.05) is 30.4 Å². The average molecular weight is 320 g/mol. The molecule has 1 aliphatic rings. The smallest absolute Gasteiger partial charge is 0.247 e.